The van der Waals surface area contributed by atoms with Gasteiger partial charge in [-0.05, 0) is 17.7 Å². The molecule has 118 valence electrons. The summed E-state index contributed by atoms with van der Waals surface area (Å²) < 4.78 is 33.9. The van der Waals surface area contributed by atoms with E-state index in [0.29, 0.717) is 25.4 Å². The van der Waals surface area contributed by atoms with E-state index in [0.717, 1.165) is 5.56 Å². The van der Waals surface area contributed by atoms with Gasteiger partial charge in [-0.1, -0.05) is 12.1 Å². The molecule has 5 nitrogen and oxygen atoms in total. The first-order chi connectivity index (χ1) is 10.1. The monoisotopic (exact) mass is 302 g/mol. The molecule has 0 spiro atoms. The predicted molar refractivity (Wildman–Crippen MR) is 74.5 cm³/mol. The third-order valence-electron chi connectivity index (χ3n) is 2.53. The Balaban J connectivity index is 2.30. The molecule has 1 aromatic rings. The third-order valence-corrected chi connectivity index (χ3v) is 2.53. The summed E-state index contributed by atoms with van der Waals surface area (Å²) in [6.45, 7) is 1.01. The topological polar surface area (TPSA) is 59.6 Å². The van der Waals surface area contributed by atoms with Gasteiger partial charge in [0.2, 0.25) is 5.91 Å². The van der Waals surface area contributed by atoms with Crippen LogP contribution in [0.5, 0.6) is 5.75 Å². The molecule has 0 heterocycles. The minimum absolute atomic E-state index is 0.148. The van der Waals surface area contributed by atoms with Gasteiger partial charge in [0.1, 0.15) is 12.4 Å². The highest BCUT2D eigenvalue weighted by Crippen LogP contribution is 2.14. The maximum absolute atomic E-state index is 12.1. The lowest BCUT2D eigenvalue weighted by atomic mass is 10.2. The summed E-state index contributed by atoms with van der Waals surface area (Å²) in [4.78, 5) is 11.5. The van der Waals surface area contributed by atoms with Crippen LogP contribution >= 0.6 is 0 Å². The first-order valence-corrected chi connectivity index (χ1v) is 6.58. The number of hydrogen-bond donors (Lipinski definition) is 2. The molecular formula is C14H20F2N2O3. The molecule has 2 N–H and O–H groups in total. The zero-order valence-electron chi connectivity index (χ0n) is 11.9. The van der Waals surface area contributed by atoms with Crippen LogP contribution in [0.25, 0.3) is 0 Å². The highest BCUT2D eigenvalue weighted by atomic mass is 19.3. The molecule has 1 amide bonds. The Kier molecular flexibility index (Phi) is 8.30. The Labute approximate surface area is 122 Å². The summed E-state index contributed by atoms with van der Waals surface area (Å²) in [6, 6.07) is 6.70. The number of carbonyl (C=O) groups is 1. The average Bonchev–Trinajstić information content (AvgIpc) is 2.48. The minimum atomic E-state index is -2.51. The van der Waals surface area contributed by atoms with Gasteiger partial charge in [-0.15, -0.1) is 0 Å². The summed E-state index contributed by atoms with van der Waals surface area (Å²) in [5.41, 5.74) is 0.784. The summed E-state index contributed by atoms with van der Waals surface area (Å²) >= 11 is 0. The number of benzene rings is 1. The van der Waals surface area contributed by atoms with Gasteiger partial charge in [-0.3, -0.25) is 4.79 Å². The number of halogens is 2. The molecule has 0 radical (unpaired) electrons. The molecule has 0 aromatic heterocycles. The van der Waals surface area contributed by atoms with Crippen molar-refractivity contribution in [3.8, 4) is 5.75 Å². The number of ether oxygens (including phenoxy) is 2. The van der Waals surface area contributed by atoms with E-state index < -0.39 is 13.0 Å². The molecule has 0 atom stereocenters. The van der Waals surface area contributed by atoms with Gasteiger partial charge >= 0.3 is 0 Å². The van der Waals surface area contributed by atoms with Crippen LogP contribution in [0.3, 0.4) is 0 Å². The fraction of sp³-hybridized carbons (Fsp3) is 0.500. The van der Waals surface area contributed by atoms with Gasteiger partial charge in [-0.25, -0.2) is 8.78 Å². The van der Waals surface area contributed by atoms with Gasteiger partial charge in [0.15, 0.2) is 0 Å². The Morgan fingerprint density at radius 3 is 2.90 bits per heavy atom. The molecule has 1 rings (SSSR count). The highest BCUT2D eigenvalue weighted by molar-refractivity contribution is 5.77. The van der Waals surface area contributed by atoms with Crippen molar-refractivity contribution in [2.45, 2.75) is 13.0 Å². The van der Waals surface area contributed by atoms with Crippen molar-refractivity contribution >= 4 is 5.91 Å². The smallest absolute Gasteiger partial charge is 0.272 e. The van der Waals surface area contributed by atoms with E-state index in [1.54, 1.807) is 31.4 Å². The van der Waals surface area contributed by atoms with Gasteiger partial charge in [0.05, 0.1) is 13.2 Å². The predicted octanol–water partition coefficient (Wildman–Crippen LogP) is 1.18. The number of alkyl halides is 2. The van der Waals surface area contributed by atoms with Crippen molar-refractivity contribution in [2.24, 2.45) is 0 Å². The van der Waals surface area contributed by atoms with Crippen LogP contribution in [-0.2, 0) is 16.1 Å². The Bertz CT molecular complexity index is 430. The zero-order chi connectivity index (χ0) is 15.5. The lowest BCUT2D eigenvalue weighted by Gasteiger charge is -2.09. The van der Waals surface area contributed by atoms with Crippen molar-refractivity contribution in [3.63, 3.8) is 0 Å². The molecular weight excluding hydrogens is 282 g/mol. The Hall–Kier alpha value is -1.73. The molecule has 0 fully saturated rings. The van der Waals surface area contributed by atoms with Crippen LogP contribution in [-0.4, -0.2) is 45.7 Å². The van der Waals surface area contributed by atoms with Crippen molar-refractivity contribution in [1.82, 2.24) is 10.6 Å². The standard InChI is InChI=1S/C14H20F2N2O3/c1-20-6-5-17-9-14(19)18-8-11-3-2-4-12(7-11)21-10-13(15)16/h2-4,7,13,17H,5-6,8-10H2,1H3,(H,18,19). The van der Waals surface area contributed by atoms with Crippen molar-refractivity contribution in [3.05, 3.63) is 29.8 Å². The SMILES string of the molecule is COCCNCC(=O)NCc1cccc(OCC(F)F)c1. The van der Waals surface area contributed by atoms with Gasteiger partial charge in [-0.2, -0.15) is 0 Å². The second kappa shape index (κ2) is 10.1. The molecule has 0 saturated heterocycles. The molecule has 7 heteroatoms. The number of methoxy groups -OCH3 is 1. The van der Waals surface area contributed by atoms with Crippen LogP contribution < -0.4 is 15.4 Å². The van der Waals surface area contributed by atoms with Crippen LogP contribution in [0.2, 0.25) is 0 Å². The lowest BCUT2D eigenvalue weighted by Crippen LogP contribution is -2.34. The van der Waals surface area contributed by atoms with Crippen LogP contribution in [0.4, 0.5) is 8.78 Å². The minimum Gasteiger partial charge on any atom is -0.488 e. The zero-order valence-corrected chi connectivity index (χ0v) is 11.9. The average molecular weight is 302 g/mol. The van der Waals surface area contributed by atoms with Crippen LogP contribution in [0.1, 0.15) is 5.56 Å². The fourth-order valence-electron chi connectivity index (χ4n) is 1.54. The molecule has 0 saturated carbocycles. The molecule has 0 aliphatic heterocycles. The number of rotatable bonds is 10. The van der Waals surface area contributed by atoms with Gasteiger partial charge < -0.3 is 20.1 Å². The molecule has 1 aromatic carbocycles. The van der Waals surface area contributed by atoms with E-state index >= 15 is 0 Å². The lowest BCUT2D eigenvalue weighted by molar-refractivity contribution is -0.120. The van der Waals surface area contributed by atoms with E-state index in [1.165, 1.54) is 0 Å². The van der Waals surface area contributed by atoms with Crippen LogP contribution in [0.15, 0.2) is 24.3 Å². The quantitative estimate of drug-likeness (QED) is 0.637. The van der Waals surface area contributed by atoms with Gasteiger partial charge in [0, 0.05) is 20.2 Å². The van der Waals surface area contributed by atoms with E-state index in [2.05, 4.69) is 10.6 Å². The van der Waals surface area contributed by atoms with Crippen LogP contribution in [0, 0.1) is 0 Å². The van der Waals surface area contributed by atoms with E-state index in [9.17, 15) is 13.6 Å². The van der Waals surface area contributed by atoms with Crippen molar-refractivity contribution in [1.29, 1.82) is 0 Å². The number of hydrogen-bond acceptors (Lipinski definition) is 4. The summed E-state index contributed by atoms with van der Waals surface area (Å²) in [5, 5.41) is 5.64. The largest absolute Gasteiger partial charge is 0.488 e. The number of carbonyl (C=O) groups excluding carboxylic acids is 1. The first kappa shape index (κ1) is 17.3. The summed E-state index contributed by atoms with van der Waals surface area (Å²) in [6.07, 6.45) is -2.51. The second-order valence-electron chi connectivity index (χ2n) is 4.30. The van der Waals surface area contributed by atoms with E-state index in [4.69, 9.17) is 9.47 Å². The number of amides is 1. The third kappa shape index (κ3) is 8.21. The highest BCUT2D eigenvalue weighted by Gasteiger charge is 2.05. The van der Waals surface area contributed by atoms with Gasteiger partial charge in [0.25, 0.3) is 6.43 Å². The maximum atomic E-state index is 12.1. The first-order valence-electron chi connectivity index (χ1n) is 6.58. The normalized spacial score (nSPS) is 10.7. The Morgan fingerprint density at radius 1 is 1.38 bits per heavy atom. The second-order valence-corrected chi connectivity index (χ2v) is 4.30. The molecule has 0 unspecified atom stereocenters. The summed E-state index contributed by atoms with van der Waals surface area (Å²) in [5.74, 6) is 0.213. The van der Waals surface area contributed by atoms with E-state index in [1.807, 2.05) is 0 Å². The number of nitrogens with one attached hydrogen (secondary N) is 2. The summed E-state index contributed by atoms with van der Waals surface area (Å²) in [7, 11) is 1.59. The molecule has 21 heavy (non-hydrogen) atoms. The molecule has 0 aliphatic carbocycles. The molecule has 0 bridgehead atoms. The maximum Gasteiger partial charge on any atom is 0.272 e. The molecule has 0 aliphatic rings. The van der Waals surface area contributed by atoms with Crippen molar-refractivity contribution in [2.75, 3.05) is 33.4 Å². The van der Waals surface area contributed by atoms with Crippen molar-refractivity contribution < 1.29 is 23.0 Å². The fourth-order valence-corrected chi connectivity index (χ4v) is 1.54. The Morgan fingerprint density at radius 2 is 2.19 bits per heavy atom. The van der Waals surface area contributed by atoms with E-state index in [-0.39, 0.29) is 12.5 Å².